The lowest BCUT2D eigenvalue weighted by molar-refractivity contribution is 0.591. The van der Waals surface area contributed by atoms with Crippen LogP contribution in [0.25, 0.3) is 62.6 Å². The summed E-state index contributed by atoms with van der Waals surface area (Å²) in [5.74, 6) is 0. The van der Waals surface area contributed by atoms with Crippen LogP contribution in [0.1, 0.15) is 0 Å². The van der Waals surface area contributed by atoms with Gasteiger partial charge in [0.05, 0.1) is 0 Å². The topological polar surface area (TPSA) is 55.7 Å². The molecule has 46 heavy (non-hydrogen) atoms. The number of nitrogens with zero attached hydrogens (tertiary/aromatic N) is 3. The number of fused-ring (bicyclic) bond motifs is 6. The van der Waals surface area contributed by atoms with Gasteiger partial charge in [-0.3, -0.25) is 15.0 Å². The molecule has 0 aliphatic heterocycles. The molecule has 4 aromatic carbocycles. The van der Waals surface area contributed by atoms with E-state index in [4.69, 9.17) is 0 Å². The Hall–Kier alpha value is -5.00. The Balaban J connectivity index is 1.16. The Labute approximate surface area is 273 Å². The second-order valence-corrected chi connectivity index (χ2v) is 16.1. The molecule has 0 N–H and O–H groups in total. The van der Waals surface area contributed by atoms with Crippen LogP contribution in [-0.4, -0.2) is 15.0 Å². The van der Waals surface area contributed by atoms with E-state index in [2.05, 4.69) is 93.8 Å². The summed E-state index contributed by atoms with van der Waals surface area (Å²) in [6.45, 7) is 0. The molecule has 0 spiro atoms. The summed E-state index contributed by atoms with van der Waals surface area (Å²) in [4.78, 5) is 13.6. The van der Waals surface area contributed by atoms with Gasteiger partial charge in [-0.05, 0) is 89.5 Å². The van der Waals surface area contributed by atoms with Crippen molar-refractivity contribution in [2.24, 2.45) is 0 Å². The molecule has 0 unspecified atom stereocenters. The minimum absolute atomic E-state index is 0.494. The van der Waals surface area contributed by atoms with Gasteiger partial charge in [0.25, 0.3) is 0 Å². The average molecular weight is 646 g/mol. The maximum Gasteiger partial charge on any atom is 0.207 e. The van der Waals surface area contributed by atoms with Crippen molar-refractivity contribution in [3.05, 3.63) is 146 Å². The number of aromatic nitrogens is 3. The molecule has 4 nitrogen and oxygen atoms in total. The number of hydrogen-bond acceptors (Lipinski definition) is 6. The number of rotatable bonds is 5. The van der Waals surface area contributed by atoms with Gasteiger partial charge in [-0.2, -0.15) is 0 Å². The minimum Gasteiger partial charge on any atom is -0.305 e. The fraction of sp³-hybridized carbons (Fsp3) is 0. The van der Waals surface area contributed by atoms with Crippen molar-refractivity contribution < 1.29 is 4.57 Å². The van der Waals surface area contributed by atoms with Crippen molar-refractivity contribution in [1.82, 2.24) is 15.0 Å². The highest BCUT2D eigenvalue weighted by Crippen LogP contribution is 2.43. The summed E-state index contributed by atoms with van der Waals surface area (Å²) < 4.78 is 20.0. The molecule has 0 radical (unpaired) electrons. The van der Waals surface area contributed by atoms with Crippen molar-refractivity contribution in [2.45, 2.75) is 0 Å². The van der Waals surface area contributed by atoms with E-state index in [1.807, 2.05) is 60.0 Å². The highest BCUT2D eigenvalue weighted by Gasteiger charge is 2.33. The zero-order chi connectivity index (χ0) is 30.7. The summed E-state index contributed by atoms with van der Waals surface area (Å²) in [5.41, 5.74) is 5.32. The predicted molar refractivity (Wildman–Crippen MR) is 196 cm³/mol. The van der Waals surface area contributed by atoms with Gasteiger partial charge >= 0.3 is 0 Å². The van der Waals surface area contributed by atoms with E-state index in [9.17, 15) is 4.57 Å². The van der Waals surface area contributed by atoms with Crippen LogP contribution >= 0.6 is 29.8 Å². The van der Waals surface area contributed by atoms with Gasteiger partial charge in [0.15, 0.2) is 0 Å². The Morgan fingerprint density at radius 2 is 0.957 bits per heavy atom. The Morgan fingerprint density at radius 1 is 0.457 bits per heavy atom. The lowest BCUT2D eigenvalue weighted by Crippen LogP contribution is -2.28. The van der Waals surface area contributed by atoms with E-state index < -0.39 is 7.14 Å². The molecule has 7 heteroatoms. The van der Waals surface area contributed by atoms with Gasteiger partial charge in [-0.1, -0.05) is 48.5 Å². The third-order valence-electron chi connectivity index (χ3n) is 8.54. The predicted octanol–water partition coefficient (Wildman–Crippen LogP) is 9.58. The molecule has 0 atom stereocenters. The highest BCUT2D eigenvalue weighted by molar-refractivity contribution is 7.84. The van der Waals surface area contributed by atoms with Crippen molar-refractivity contribution in [2.75, 3.05) is 0 Å². The van der Waals surface area contributed by atoms with Gasteiger partial charge < -0.3 is 4.57 Å². The summed E-state index contributed by atoms with van der Waals surface area (Å²) in [7, 11) is -3.35. The molecular formula is C39H24N3OPS2. The number of benzene rings is 4. The van der Waals surface area contributed by atoms with Crippen LogP contribution in [0.4, 0.5) is 0 Å². The van der Waals surface area contributed by atoms with E-state index in [1.165, 1.54) is 51.5 Å². The zero-order valence-electron chi connectivity index (χ0n) is 24.4. The monoisotopic (exact) mass is 645 g/mol. The molecule has 0 saturated carbocycles. The van der Waals surface area contributed by atoms with Crippen LogP contribution in [0.2, 0.25) is 0 Å². The molecule has 5 heterocycles. The minimum atomic E-state index is -3.35. The second-order valence-electron chi connectivity index (χ2n) is 11.3. The van der Waals surface area contributed by atoms with E-state index in [1.54, 1.807) is 29.9 Å². The summed E-state index contributed by atoms with van der Waals surface area (Å²) in [6.07, 6.45) is 6.87. The number of hydrogen-bond donors (Lipinski definition) is 0. The van der Waals surface area contributed by atoms with E-state index in [-0.39, 0.29) is 0 Å². The fourth-order valence-corrected chi connectivity index (χ4v) is 10.8. The fourth-order valence-electron chi connectivity index (χ4n) is 6.26. The van der Waals surface area contributed by atoms with Crippen LogP contribution < -0.4 is 16.2 Å². The van der Waals surface area contributed by atoms with Crippen LogP contribution in [-0.2, 0) is 4.57 Å². The largest absolute Gasteiger partial charge is 0.305 e. The quantitative estimate of drug-likeness (QED) is 0.175. The first kappa shape index (κ1) is 27.3. The maximum atomic E-state index is 14.9. The first-order chi connectivity index (χ1) is 22.6. The molecular weight excluding hydrogens is 622 g/mol. The average Bonchev–Trinajstić information content (AvgIpc) is 3.69. The van der Waals surface area contributed by atoms with Gasteiger partial charge in [0.2, 0.25) is 7.14 Å². The van der Waals surface area contributed by atoms with Gasteiger partial charge in [-0.15, -0.1) is 22.7 Å². The standard InChI is InChI=1S/C39H24N3OPS2/c43-44(38-9-3-5-17-41-38,39-10-4-6-18-42-39)29-19-28(23-40-24-29)27-13-16-37-33(22-27)32-21-26(12-15-36(32)46-37)25-11-14-35-31(20-25)30-7-1-2-8-34(30)45-35/h1-24H. The van der Waals surface area contributed by atoms with Crippen LogP contribution in [0.15, 0.2) is 146 Å². The molecule has 0 saturated heterocycles. The Kier molecular flexibility index (Phi) is 6.42. The van der Waals surface area contributed by atoms with Gasteiger partial charge in [0, 0.05) is 76.0 Å². The van der Waals surface area contributed by atoms with Crippen molar-refractivity contribution in [3.8, 4) is 22.3 Å². The van der Waals surface area contributed by atoms with Crippen LogP contribution in [0.3, 0.4) is 0 Å². The molecule has 0 bridgehead atoms. The SMILES string of the molecule is O=P(c1cncc(-c2ccc3sc4ccc(-c5ccc6sc7ccccc7c6c5)cc4c3c2)c1)(c1ccccn1)c1ccccn1. The van der Waals surface area contributed by atoms with Crippen LogP contribution in [0, 0.1) is 0 Å². The van der Waals surface area contributed by atoms with E-state index in [0.717, 1.165) is 11.1 Å². The van der Waals surface area contributed by atoms with Crippen molar-refractivity contribution in [1.29, 1.82) is 0 Å². The van der Waals surface area contributed by atoms with Crippen LogP contribution in [0.5, 0.6) is 0 Å². The first-order valence-corrected chi connectivity index (χ1v) is 18.3. The molecule has 0 aliphatic carbocycles. The Morgan fingerprint density at radius 3 is 1.52 bits per heavy atom. The van der Waals surface area contributed by atoms with E-state index >= 15 is 0 Å². The molecule has 218 valence electrons. The van der Waals surface area contributed by atoms with E-state index in [0.29, 0.717) is 16.2 Å². The molecule has 0 aliphatic rings. The summed E-state index contributed by atoms with van der Waals surface area (Å²) >= 11 is 3.64. The maximum absolute atomic E-state index is 14.9. The number of thiophene rings is 2. The molecule has 0 fully saturated rings. The van der Waals surface area contributed by atoms with Crippen molar-refractivity contribution in [3.63, 3.8) is 0 Å². The van der Waals surface area contributed by atoms with Gasteiger partial charge in [0.1, 0.15) is 10.9 Å². The lowest BCUT2D eigenvalue weighted by Gasteiger charge is -2.18. The first-order valence-electron chi connectivity index (χ1n) is 14.9. The zero-order valence-corrected chi connectivity index (χ0v) is 26.9. The molecule has 9 rings (SSSR count). The molecule has 9 aromatic rings. The molecule has 0 amide bonds. The molecule has 5 aromatic heterocycles. The van der Waals surface area contributed by atoms with Gasteiger partial charge in [-0.25, -0.2) is 0 Å². The second kappa shape index (κ2) is 10.8. The summed E-state index contributed by atoms with van der Waals surface area (Å²) in [6, 6.07) is 41.8. The Bertz CT molecular complexity index is 2590. The lowest BCUT2D eigenvalue weighted by atomic mass is 9.99. The third kappa shape index (κ3) is 4.41. The summed E-state index contributed by atoms with van der Waals surface area (Å²) in [5, 5.41) is 5.64. The normalized spacial score (nSPS) is 12.0. The van der Waals surface area contributed by atoms with Crippen molar-refractivity contribution >= 4 is 86.3 Å². The number of pyridine rings is 3. The smallest absolute Gasteiger partial charge is 0.207 e. The third-order valence-corrected chi connectivity index (χ3v) is 13.6. The highest BCUT2D eigenvalue weighted by atomic mass is 32.1.